The molecule has 2 heteroatoms. The Labute approximate surface area is 133 Å². The maximum atomic E-state index is 5.53. The molecule has 0 aromatic heterocycles. The fourth-order valence-corrected chi connectivity index (χ4v) is 3.45. The normalized spacial score (nSPS) is 12.3. The van der Waals surface area contributed by atoms with Crippen LogP contribution in [0.3, 0.4) is 0 Å². The SMILES string of the molecule is COc1ccc(C)cc1C(Br)c1cccc2ccccc12. The molecule has 3 aromatic rings. The van der Waals surface area contributed by atoms with Gasteiger partial charge in [-0.2, -0.15) is 0 Å². The molecule has 0 saturated heterocycles. The molecule has 21 heavy (non-hydrogen) atoms. The zero-order chi connectivity index (χ0) is 14.8. The van der Waals surface area contributed by atoms with Crippen molar-refractivity contribution >= 4 is 26.7 Å². The molecule has 0 aliphatic carbocycles. The highest BCUT2D eigenvalue weighted by molar-refractivity contribution is 9.09. The average Bonchev–Trinajstić information content (AvgIpc) is 2.53. The number of hydrogen-bond donors (Lipinski definition) is 0. The summed E-state index contributed by atoms with van der Waals surface area (Å²) >= 11 is 3.86. The molecule has 0 radical (unpaired) electrons. The van der Waals surface area contributed by atoms with Crippen molar-refractivity contribution in [1.29, 1.82) is 0 Å². The van der Waals surface area contributed by atoms with Crippen molar-refractivity contribution in [2.24, 2.45) is 0 Å². The second kappa shape index (κ2) is 5.90. The fourth-order valence-electron chi connectivity index (χ4n) is 2.69. The summed E-state index contributed by atoms with van der Waals surface area (Å²) in [6, 6.07) is 21.2. The van der Waals surface area contributed by atoms with E-state index in [4.69, 9.17) is 4.74 Å². The number of fused-ring (bicyclic) bond motifs is 1. The van der Waals surface area contributed by atoms with E-state index in [0.29, 0.717) is 0 Å². The van der Waals surface area contributed by atoms with Gasteiger partial charge in [0, 0.05) is 5.56 Å². The molecular weight excluding hydrogens is 324 g/mol. The first-order chi connectivity index (χ1) is 10.2. The molecule has 0 spiro atoms. The monoisotopic (exact) mass is 340 g/mol. The van der Waals surface area contributed by atoms with E-state index >= 15 is 0 Å². The van der Waals surface area contributed by atoms with Crippen molar-refractivity contribution in [2.75, 3.05) is 7.11 Å². The lowest BCUT2D eigenvalue weighted by Gasteiger charge is -2.17. The van der Waals surface area contributed by atoms with Gasteiger partial charge in [0.1, 0.15) is 5.75 Å². The van der Waals surface area contributed by atoms with E-state index in [1.54, 1.807) is 7.11 Å². The molecular formula is C19H17BrO. The van der Waals surface area contributed by atoms with E-state index in [9.17, 15) is 0 Å². The van der Waals surface area contributed by atoms with Gasteiger partial charge in [-0.1, -0.05) is 76.1 Å². The highest BCUT2D eigenvalue weighted by atomic mass is 79.9. The zero-order valence-corrected chi connectivity index (χ0v) is 13.7. The maximum Gasteiger partial charge on any atom is 0.123 e. The maximum absolute atomic E-state index is 5.53. The molecule has 0 aliphatic rings. The van der Waals surface area contributed by atoms with Crippen LogP contribution < -0.4 is 4.74 Å². The van der Waals surface area contributed by atoms with E-state index in [1.165, 1.54) is 21.9 Å². The van der Waals surface area contributed by atoms with Gasteiger partial charge in [-0.05, 0) is 29.3 Å². The number of methoxy groups -OCH3 is 1. The number of benzene rings is 3. The first-order valence-electron chi connectivity index (χ1n) is 6.97. The molecule has 0 N–H and O–H groups in total. The summed E-state index contributed by atoms with van der Waals surface area (Å²) in [7, 11) is 1.72. The van der Waals surface area contributed by atoms with Crippen LogP contribution in [-0.4, -0.2) is 7.11 Å². The molecule has 0 heterocycles. The number of ether oxygens (including phenoxy) is 1. The third-order valence-corrected chi connectivity index (χ3v) is 4.74. The smallest absolute Gasteiger partial charge is 0.123 e. The zero-order valence-electron chi connectivity index (χ0n) is 12.1. The Morgan fingerprint density at radius 3 is 2.48 bits per heavy atom. The lowest BCUT2D eigenvalue weighted by atomic mass is 9.97. The van der Waals surface area contributed by atoms with Crippen LogP contribution in [0.25, 0.3) is 10.8 Å². The molecule has 0 amide bonds. The van der Waals surface area contributed by atoms with Crippen molar-refractivity contribution in [2.45, 2.75) is 11.8 Å². The average molecular weight is 341 g/mol. The van der Waals surface area contributed by atoms with Crippen LogP contribution in [0, 0.1) is 6.92 Å². The fraction of sp³-hybridized carbons (Fsp3) is 0.158. The largest absolute Gasteiger partial charge is 0.496 e. The van der Waals surface area contributed by atoms with Crippen LogP contribution in [0.1, 0.15) is 21.5 Å². The van der Waals surface area contributed by atoms with Gasteiger partial charge in [0.2, 0.25) is 0 Å². The number of hydrogen-bond acceptors (Lipinski definition) is 1. The van der Waals surface area contributed by atoms with E-state index < -0.39 is 0 Å². The Kier molecular flexibility index (Phi) is 3.98. The van der Waals surface area contributed by atoms with Crippen molar-refractivity contribution in [3.05, 3.63) is 77.4 Å². The van der Waals surface area contributed by atoms with E-state index in [0.717, 1.165) is 11.3 Å². The van der Waals surface area contributed by atoms with Crippen LogP contribution in [0.2, 0.25) is 0 Å². The van der Waals surface area contributed by atoms with Gasteiger partial charge in [0.25, 0.3) is 0 Å². The lowest BCUT2D eigenvalue weighted by molar-refractivity contribution is 0.410. The highest BCUT2D eigenvalue weighted by Crippen LogP contribution is 2.39. The Bertz CT molecular complexity index is 774. The van der Waals surface area contributed by atoms with Crippen molar-refractivity contribution in [3.8, 4) is 5.75 Å². The quantitative estimate of drug-likeness (QED) is 0.560. The van der Waals surface area contributed by atoms with Crippen molar-refractivity contribution in [1.82, 2.24) is 0 Å². The third-order valence-electron chi connectivity index (χ3n) is 3.75. The van der Waals surface area contributed by atoms with Gasteiger partial charge < -0.3 is 4.74 Å². The van der Waals surface area contributed by atoms with Crippen LogP contribution in [0.4, 0.5) is 0 Å². The van der Waals surface area contributed by atoms with Crippen molar-refractivity contribution < 1.29 is 4.74 Å². The summed E-state index contributed by atoms with van der Waals surface area (Å²) in [5, 5.41) is 2.52. The minimum atomic E-state index is 0.110. The summed E-state index contributed by atoms with van der Waals surface area (Å²) in [6.45, 7) is 2.10. The molecule has 1 atom stereocenters. The Balaban J connectivity index is 2.17. The number of halogens is 1. The molecule has 0 aliphatic heterocycles. The van der Waals surface area contributed by atoms with Gasteiger partial charge in [-0.15, -0.1) is 0 Å². The van der Waals surface area contributed by atoms with Gasteiger partial charge in [0.05, 0.1) is 11.9 Å². The summed E-state index contributed by atoms with van der Waals surface area (Å²) in [4.78, 5) is 0.110. The van der Waals surface area contributed by atoms with E-state index in [2.05, 4.69) is 77.5 Å². The first kappa shape index (κ1) is 14.2. The third kappa shape index (κ3) is 2.68. The summed E-state index contributed by atoms with van der Waals surface area (Å²) in [5.41, 5.74) is 3.65. The molecule has 1 unspecified atom stereocenters. The Hall–Kier alpha value is -1.80. The van der Waals surface area contributed by atoms with Crippen LogP contribution in [-0.2, 0) is 0 Å². The summed E-state index contributed by atoms with van der Waals surface area (Å²) in [6.07, 6.45) is 0. The first-order valence-corrected chi connectivity index (χ1v) is 7.88. The lowest BCUT2D eigenvalue weighted by Crippen LogP contribution is -1.98. The predicted octanol–water partition coefficient (Wildman–Crippen LogP) is 5.64. The molecule has 0 fully saturated rings. The summed E-state index contributed by atoms with van der Waals surface area (Å²) < 4.78 is 5.53. The van der Waals surface area contributed by atoms with Crippen LogP contribution >= 0.6 is 15.9 Å². The molecule has 106 valence electrons. The number of rotatable bonds is 3. The molecule has 3 rings (SSSR count). The van der Waals surface area contributed by atoms with Crippen molar-refractivity contribution in [3.63, 3.8) is 0 Å². The highest BCUT2D eigenvalue weighted by Gasteiger charge is 2.17. The predicted molar refractivity (Wildman–Crippen MR) is 92.4 cm³/mol. The Morgan fingerprint density at radius 1 is 0.905 bits per heavy atom. The second-order valence-corrected chi connectivity index (χ2v) is 6.09. The number of aryl methyl sites for hydroxylation is 1. The second-order valence-electron chi connectivity index (χ2n) is 5.18. The van der Waals surface area contributed by atoms with Gasteiger partial charge >= 0.3 is 0 Å². The van der Waals surface area contributed by atoms with Gasteiger partial charge in [-0.25, -0.2) is 0 Å². The Morgan fingerprint density at radius 2 is 1.67 bits per heavy atom. The van der Waals surface area contributed by atoms with E-state index in [1.807, 2.05) is 6.07 Å². The number of alkyl halides is 1. The standard InChI is InChI=1S/C19H17BrO/c1-13-10-11-18(21-2)17(12-13)19(20)16-9-5-7-14-6-3-4-8-15(14)16/h3-12,19H,1-2H3. The summed E-state index contributed by atoms with van der Waals surface area (Å²) in [5.74, 6) is 0.912. The van der Waals surface area contributed by atoms with Crippen LogP contribution in [0.15, 0.2) is 60.7 Å². The minimum Gasteiger partial charge on any atom is -0.496 e. The van der Waals surface area contributed by atoms with E-state index in [-0.39, 0.29) is 4.83 Å². The minimum absolute atomic E-state index is 0.110. The molecule has 0 bridgehead atoms. The molecule has 0 saturated carbocycles. The van der Waals surface area contributed by atoms with Crippen LogP contribution in [0.5, 0.6) is 5.75 Å². The molecule has 3 aromatic carbocycles. The molecule has 1 nitrogen and oxygen atoms in total. The topological polar surface area (TPSA) is 9.23 Å². The van der Waals surface area contributed by atoms with Gasteiger partial charge in [-0.3, -0.25) is 0 Å². The van der Waals surface area contributed by atoms with Gasteiger partial charge in [0.15, 0.2) is 0 Å².